The molecule has 0 spiro atoms. The van der Waals surface area contributed by atoms with Gasteiger partial charge < -0.3 is 10.0 Å². The molecule has 0 bridgehead atoms. The molecule has 0 atom stereocenters. The number of aromatic hydroxyl groups is 1. The molecule has 0 fully saturated rings. The molecule has 1 rings (SSSR count). The van der Waals surface area contributed by atoms with E-state index in [1.807, 2.05) is 38.9 Å². The molecule has 0 heterocycles. The van der Waals surface area contributed by atoms with Gasteiger partial charge in [0, 0.05) is 25.3 Å². The highest BCUT2D eigenvalue weighted by atomic mass is 16.3. The SMILES string of the molecule is Cc1cc(O)c(C)c(N(C)C)c1C. The van der Waals surface area contributed by atoms with E-state index in [1.54, 1.807) is 0 Å². The van der Waals surface area contributed by atoms with Gasteiger partial charge in [0.15, 0.2) is 0 Å². The molecule has 2 heteroatoms. The average Bonchev–Trinajstić information content (AvgIpc) is 2.01. The van der Waals surface area contributed by atoms with E-state index in [-0.39, 0.29) is 0 Å². The minimum atomic E-state index is 0.381. The van der Waals surface area contributed by atoms with Crippen LogP contribution in [-0.2, 0) is 0 Å². The van der Waals surface area contributed by atoms with Gasteiger partial charge in [-0.1, -0.05) is 0 Å². The Morgan fingerprint density at radius 2 is 1.62 bits per heavy atom. The van der Waals surface area contributed by atoms with E-state index in [0.717, 1.165) is 16.8 Å². The van der Waals surface area contributed by atoms with E-state index in [2.05, 4.69) is 6.92 Å². The number of anilines is 1. The highest BCUT2D eigenvalue weighted by molar-refractivity contribution is 5.64. The number of hydrogen-bond acceptors (Lipinski definition) is 2. The molecule has 0 radical (unpaired) electrons. The Kier molecular flexibility index (Phi) is 2.50. The zero-order chi connectivity index (χ0) is 10.2. The van der Waals surface area contributed by atoms with Crippen LogP contribution in [0.1, 0.15) is 16.7 Å². The second-order valence-electron chi connectivity index (χ2n) is 3.71. The van der Waals surface area contributed by atoms with Gasteiger partial charge in [-0.3, -0.25) is 0 Å². The largest absolute Gasteiger partial charge is 0.508 e. The molecule has 1 aromatic carbocycles. The monoisotopic (exact) mass is 179 g/mol. The standard InChI is InChI=1S/C11H17NO/c1-7-6-10(13)9(3)11(8(7)2)12(4)5/h6,13H,1-5H3. The van der Waals surface area contributed by atoms with Crippen LogP contribution < -0.4 is 4.90 Å². The average molecular weight is 179 g/mol. The van der Waals surface area contributed by atoms with Gasteiger partial charge in [-0.2, -0.15) is 0 Å². The van der Waals surface area contributed by atoms with Gasteiger partial charge in [-0.15, -0.1) is 0 Å². The van der Waals surface area contributed by atoms with Crippen molar-refractivity contribution in [1.29, 1.82) is 0 Å². The van der Waals surface area contributed by atoms with E-state index in [0.29, 0.717) is 5.75 Å². The fourth-order valence-corrected chi connectivity index (χ4v) is 1.68. The van der Waals surface area contributed by atoms with Crippen molar-refractivity contribution in [2.45, 2.75) is 20.8 Å². The molecule has 72 valence electrons. The van der Waals surface area contributed by atoms with E-state index in [4.69, 9.17) is 0 Å². The topological polar surface area (TPSA) is 23.5 Å². The molecule has 2 nitrogen and oxygen atoms in total. The molecular formula is C11H17NO. The van der Waals surface area contributed by atoms with Crippen LogP contribution in [0.3, 0.4) is 0 Å². The first-order valence-electron chi connectivity index (χ1n) is 4.42. The molecule has 1 N–H and O–H groups in total. The lowest BCUT2D eigenvalue weighted by Gasteiger charge is -2.20. The first kappa shape index (κ1) is 9.90. The van der Waals surface area contributed by atoms with Crippen molar-refractivity contribution >= 4 is 5.69 Å². The van der Waals surface area contributed by atoms with Crippen LogP contribution in [0.25, 0.3) is 0 Å². The first-order chi connectivity index (χ1) is 5.95. The molecule has 0 unspecified atom stereocenters. The van der Waals surface area contributed by atoms with Crippen molar-refractivity contribution < 1.29 is 5.11 Å². The lowest BCUT2D eigenvalue weighted by Crippen LogP contribution is -2.12. The van der Waals surface area contributed by atoms with Gasteiger partial charge in [-0.05, 0) is 38.0 Å². The minimum absolute atomic E-state index is 0.381. The second kappa shape index (κ2) is 3.29. The van der Waals surface area contributed by atoms with Gasteiger partial charge in [0.25, 0.3) is 0 Å². The third kappa shape index (κ3) is 1.62. The number of phenols is 1. The maximum Gasteiger partial charge on any atom is 0.120 e. The Hall–Kier alpha value is -1.18. The van der Waals surface area contributed by atoms with Crippen molar-refractivity contribution in [3.05, 3.63) is 22.8 Å². The summed E-state index contributed by atoms with van der Waals surface area (Å²) in [5.41, 5.74) is 4.44. The van der Waals surface area contributed by atoms with Crippen molar-refractivity contribution in [3.63, 3.8) is 0 Å². The van der Waals surface area contributed by atoms with Crippen LogP contribution in [0.5, 0.6) is 5.75 Å². The first-order valence-corrected chi connectivity index (χ1v) is 4.42. The van der Waals surface area contributed by atoms with Crippen LogP contribution in [0.4, 0.5) is 5.69 Å². The highest BCUT2D eigenvalue weighted by Crippen LogP contribution is 2.32. The predicted octanol–water partition coefficient (Wildman–Crippen LogP) is 2.38. The maximum atomic E-state index is 9.63. The molecule has 0 saturated carbocycles. The molecule has 0 aliphatic carbocycles. The fourth-order valence-electron chi connectivity index (χ4n) is 1.68. The van der Waals surface area contributed by atoms with Gasteiger partial charge in [-0.25, -0.2) is 0 Å². The van der Waals surface area contributed by atoms with Crippen molar-refractivity contribution in [3.8, 4) is 5.75 Å². The number of rotatable bonds is 1. The Bertz CT molecular complexity index is 303. The summed E-state index contributed by atoms with van der Waals surface area (Å²) < 4.78 is 0. The fraction of sp³-hybridized carbons (Fsp3) is 0.455. The summed E-state index contributed by atoms with van der Waals surface area (Å²) >= 11 is 0. The molecule has 1 aromatic rings. The maximum absolute atomic E-state index is 9.63. The van der Waals surface area contributed by atoms with Gasteiger partial charge in [0.05, 0.1) is 0 Å². The molecule has 0 amide bonds. The summed E-state index contributed by atoms with van der Waals surface area (Å²) in [6.07, 6.45) is 0. The minimum Gasteiger partial charge on any atom is -0.508 e. The Morgan fingerprint density at radius 1 is 1.08 bits per heavy atom. The van der Waals surface area contributed by atoms with Crippen molar-refractivity contribution in [1.82, 2.24) is 0 Å². The van der Waals surface area contributed by atoms with Crippen molar-refractivity contribution in [2.24, 2.45) is 0 Å². The zero-order valence-electron chi connectivity index (χ0n) is 8.97. The van der Waals surface area contributed by atoms with E-state index in [1.165, 1.54) is 5.56 Å². The number of nitrogens with zero attached hydrogens (tertiary/aromatic N) is 1. The third-order valence-electron chi connectivity index (χ3n) is 2.49. The molecule has 13 heavy (non-hydrogen) atoms. The third-order valence-corrected chi connectivity index (χ3v) is 2.49. The Balaban J connectivity index is 3.46. The summed E-state index contributed by atoms with van der Waals surface area (Å²) in [6, 6.07) is 1.82. The van der Waals surface area contributed by atoms with Crippen LogP contribution in [0.2, 0.25) is 0 Å². The van der Waals surface area contributed by atoms with Gasteiger partial charge >= 0.3 is 0 Å². The predicted molar refractivity (Wildman–Crippen MR) is 56.6 cm³/mol. The van der Waals surface area contributed by atoms with Crippen LogP contribution >= 0.6 is 0 Å². The van der Waals surface area contributed by atoms with E-state index >= 15 is 0 Å². The Morgan fingerprint density at radius 3 is 2.08 bits per heavy atom. The normalized spacial score (nSPS) is 10.2. The molecule has 0 aliphatic heterocycles. The molecule has 0 aromatic heterocycles. The number of benzene rings is 1. The summed E-state index contributed by atoms with van der Waals surface area (Å²) in [5.74, 6) is 0.381. The Labute approximate surface area is 79.8 Å². The molecular weight excluding hydrogens is 162 g/mol. The number of hydrogen-bond donors (Lipinski definition) is 1. The van der Waals surface area contributed by atoms with Crippen LogP contribution in [0, 0.1) is 20.8 Å². The second-order valence-corrected chi connectivity index (χ2v) is 3.71. The van der Waals surface area contributed by atoms with E-state index < -0.39 is 0 Å². The molecule has 0 saturated heterocycles. The summed E-state index contributed by atoms with van der Waals surface area (Å²) in [4.78, 5) is 2.04. The van der Waals surface area contributed by atoms with E-state index in [9.17, 15) is 5.11 Å². The lowest BCUT2D eigenvalue weighted by atomic mass is 10.0. The summed E-state index contributed by atoms with van der Waals surface area (Å²) in [5, 5.41) is 9.63. The van der Waals surface area contributed by atoms with Gasteiger partial charge in [0.1, 0.15) is 5.75 Å². The number of aryl methyl sites for hydroxylation is 1. The smallest absolute Gasteiger partial charge is 0.120 e. The number of phenolic OH excluding ortho intramolecular Hbond substituents is 1. The zero-order valence-corrected chi connectivity index (χ0v) is 8.97. The van der Waals surface area contributed by atoms with Gasteiger partial charge in [0.2, 0.25) is 0 Å². The summed E-state index contributed by atoms with van der Waals surface area (Å²) in [7, 11) is 3.99. The highest BCUT2D eigenvalue weighted by Gasteiger charge is 2.10. The van der Waals surface area contributed by atoms with Crippen molar-refractivity contribution in [2.75, 3.05) is 19.0 Å². The summed E-state index contributed by atoms with van der Waals surface area (Å²) in [6.45, 7) is 6.04. The quantitative estimate of drug-likeness (QED) is 0.715. The van der Waals surface area contributed by atoms with Crippen LogP contribution in [-0.4, -0.2) is 19.2 Å². The lowest BCUT2D eigenvalue weighted by molar-refractivity contribution is 0.470. The van der Waals surface area contributed by atoms with Crippen LogP contribution in [0.15, 0.2) is 6.07 Å². The molecule has 0 aliphatic rings.